The van der Waals surface area contributed by atoms with Gasteiger partial charge in [0.1, 0.15) is 6.04 Å². The molecule has 0 bridgehead atoms. The van der Waals surface area contributed by atoms with Crippen molar-refractivity contribution in [3.8, 4) is 0 Å². The molecule has 1 heterocycles. The number of carbonyl (C=O) groups excluding carboxylic acids is 1. The van der Waals surface area contributed by atoms with Crippen LogP contribution in [0.15, 0.2) is 0 Å². The fourth-order valence-corrected chi connectivity index (χ4v) is 2.77. The Morgan fingerprint density at radius 3 is 2.75 bits per heavy atom. The van der Waals surface area contributed by atoms with Crippen LogP contribution in [0.5, 0.6) is 0 Å². The second-order valence-corrected chi connectivity index (χ2v) is 6.33. The molecular formula is C13H25N3O3S. The summed E-state index contributed by atoms with van der Waals surface area (Å²) in [5, 5.41) is 14.5. The molecule has 0 saturated carbocycles. The van der Waals surface area contributed by atoms with E-state index in [1.807, 2.05) is 6.26 Å². The number of piperidine rings is 1. The summed E-state index contributed by atoms with van der Waals surface area (Å²) in [6, 6.07) is -0.636. The van der Waals surface area contributed by atoms with Crippen molar-refractivity contribution in [3.63, 3.8) is 0 Å². The largest absolute Gasteiger partial charge is 0.480 e. The third kappa shape index (κ3) is 5.58. The van der Waals surface area contributed by atoms with Gasteiger partial charge in [-0.15, -0.1) is 0 Å². The molecule has 1 fully saturated rings. The third-order valence-electron chi connectivity index (χ3n) is 3.76. The zero-order valence-electron chi connectivity index (χ0n) is 12.4. The molecule has 0 radical (unpaired) electrons. The molecular weight excluding hydrogens is 278 g/mol. The van der Waals surface area contributed by atoms with E-state index in [-0.39, 0.29) is 12.1 Å². The number of carboxylic acids is 1. The van der Waals surface area contributed by atoms with Crippen LogP contribution in [0.1, 0.15) is 26.2 Å². The normalized spacial score (nSPS) is 24.9. The minimum atomic E-state index is -0.981. The molecule has 3 N–H and O–H groups in total. The molecule has 0 aliphatic carbocycles. The summed E-state index contributed by atoms with van der Waals surface area (Å²) in [6.07, 6.45) is 4.15. The van der Waals surface area contributed by atoms with Crippen molar-refractivity contribution in [3.05, 3.63) is 0 Å². The summed E-state index contributed by atoms with van der Waals surface area (Å²) in [6.45, 7) is 3.07. The monoisotopic (exact) mass is 303 g/mol. The van der Waals surface area contributed by atoms with Gasteiger partial charge in [0.05, 0.1) is 0 Å². The summed E-state index contributed by atoms with van der Waals surface area (Å²) in [5.41, 5.74) is 0. The molecule has 1 aliphatic rings. The van der Waals surface area contributed by atoms with E-state index in [1.54, 1.807) is 11.8 Å². The van der Waals surface area contributed by atoms with E-state index in [2.05, 4.69) is 29.5 Å². The number of nitrogens with zero attached hydrogens (tertiary/aromatic N) is 1. The van der Waals surface area contributed by atoms with Gasteiger partial charge < -0.3 is 20.6 Å². The first-order valence-corrected chi connectivity index (χ1v) is 8.32. The van der Waals surface area contributed by atoms with Crippen molar-refractivity contribution in [2.24, 2.45) is 0 Å². The van der Waals surface area contributed by atoms with Crippen LogP contribution in [0.25, 0.3) is 0 Å². The molecule has 1 aliphatic heterocycles. The van der Waals surface area contributed by atoms with Crippen molar-refractivity contribution in [2.75, 3.05) is 25.6 Å². The number of nitrogens with one attached hydrogen (secondary N) is 2. The number of carboxylic acid groups (broad SMARTS) is 1. The fraction of sp³-hybridized carbons (Fsp3) is 0.846. The summed E-state index contributed by atoms with van der Waals surface area (Å²) in [7, 11) is 2.07. The van der Waals surface area contributed by atoms with Crippen LogP contribution < -0.4 is 10.6 Å². The van der Waals surface area contributed by atoms with E-state index in [1.165, 1.54) is 0 Å². The zero-order valence-corrected chi connectivity index (χ0v) is 13.2. The minimum absolute atomic E-state index is 0.121. The number of urea groups is 1. The number of rotatable bonds is 6. The van der Waals surface area contributed by atoms with Crippen LogP contribution in [0.2, 0.25) is 0 Å². The average molecular weight is 303 g/mol. The highest BCUT2D eigenvalue weighted by Crippen LogP contribution is 2.15. The number of aliphatic carboxylic acids is 1. The topological polar surface area (TPSA) is 81.7 Å². The predicted molar refractivity (Wildman–Crippen MR) is 81.2 cm³/mol. The predicted octanol–water partition coefficient (Wildman–Crippen LogP) is 0.975. The van der Waals surface area contributed by atoms with Gasteiger partial charge in [-0.05, 0) is 45.2 Å². The Bertz CT molecular complexity index is 341. The molecule has 0 aromatic rings. The van der Waals surface area contributed by atoms with Crippen molar-refractivity contribution < 1.29 is 14.7 Å². The van der Waals surface area contributed by atoms with Gasteiger partial charge in [-0.3, -0.25) is 0 Å². The van der Waals surface area contributed by atoms with Crippen LogP contribution >= 0.6 is 11.8 Å². The maximum absolute atomic E-state index is 11.9. The number of hydrogen-bond donors (Lipinski definition) is 3. The minimum Gasteiger partial charge on any atom is -0.480 e. The van der Waals surface area contributed by atoms with Crippen LogP contribution in [0.3, 0.4) is 0 Å². The number of hydrogen-bond acceptors (Lipinski definition) is 4. The number of likely N-dealkylation sites (tertiary alicyclic amines) is 1. The van der Waals surface area contributed by atoms with Crippen molar-refractivity contribution in [2.45, 2.75) is 44.3 Å². The number of carbonyl (C=O) groups is 2. The second kappa shape index (κ2) is 8.36. The smallest absolute Gasteiger partial charge is 0.326 e. The van der Waals surface area contributed by atoms with Gasteiger partial charge >= 0.3 is 12.0 Å². The molecule has 1 rings (SSSR count). The van der Waals surface area contributed by atoms with Gasteiger partial charge in [-0.1, -0.05) is 0 Å². The Hall–Kier alpha value is -0.950. The molecule has 3 unspecified atom stereocenters. The first kappa shape index (κ1) is 17.1. The highest BCUT2D eigenvalue weighted by molar-refractivity contribution is 7.98. The highest BCUT2D eigenvalue weighted by Gasteiger charge is 2.25. The second-order valence-electron chi connectivity index (χ2n) is 5.34. The third-order valence-corrected chi connectivity index (χ3v) is 4.40. The van der Waals surface area contributed by atoms with E-state index < -0.39 is 12.0 Å². The van der Waals surface area contributed by atoms with Crippen LogP contribution in [0.4, 0.5) is 4.79 Å². The summed E-state index contributed by atoms with van der Waals surface area (Å²) in [4.78, 5) is 25.2. The standard InChI is InChI=1S/C13H25N3O3S/c1-9-8-10(4-6-16(9)2)14-13(19)15-11(12(17)18)5-7-20-3/h9-11H,4-8H2,1-3H3,(H,17,18)(H2,14,15,19). The lowest BCUT2D eigenvalue weighted by molar-refractivity contribution is -0.139. The Labute approximate surface area is 124 Å². The number of thioether (sulfide) groups is 1. The molecule has 1 saturated heterocycles. The molecule has 116 valence electrons. The van der Waals surface area contributed by atoms with E-state index in [9.17, 15) is 9.59 Å². The fourth-order valence-electron chi connectivity index (χ4n) is 2.30. The van der Waals surface area contributed by atoms with Gasteiger partial charge in [0, 0.05) is 18.6 Å². The summed E-state index contributed by atoms with van der Waals surface area (Å²) < 4.78 is 0. The lowest BCUT2D eigenvalue weighted by atomic mass is 9.99. The van der Waals surface area contributed by atoms with Crippen molar-refractivity contribution in [1.82, 2.24) is 15.5 Å². The number of amides is 2. The summed E-state index contributed by atoms with van der Waals surface area (Å²) in [5.74, 6) is -0.270. The molecule has 0 spiro atoms. The molecule has 3 atom stereocenters. The van der Waals surface area contributed by atoms with Gasteiger partial charge in [0.15, 0.2) is 0 Å². The molecule has 20 heavy (non-hydrogen) atoms. The van der Waals surface area contributed by atoms with E-state index in [0.29, 0.717) is 18.2 Å². The van der Waals surface area contributed by atoms with E-state index in [4.69, 9.17) is 5.11 Å². The zero-order chi connectivity index (χ0) is 15.1. The van der Waals surface area contributed by atoms with E-state index >= 15 is 0 Å². The Morgan fingerprint density at radius 1 is 1.50 bits per heavy atom. The quantitative estimate of drug-likeness (QED) is 0.681. The van der Waals surface area contributed by atoms with Gasteiger partial charge in [-0.2, -0.15) is 11.8 Å². The Morgan fingerprint density at radius 2 is 2.20 bits per heavy atom. The molecule has 2 amide bonds. The van der Waals surface area contributed by atoms with Crippen LogP contribution in [-0.4, -0.2) is 65.7 Å². The lowest BCUT2D eigenvalue weighted by Gasteiger charge is -2.35. The summed E-state index contributed by atoms with van der Waals surface area (Å²) >= 11 is 1.57. The SMILES string of the molecule is CSCCC(NC(=O)NC1CCN(C)C(C)C1)C(=O)O. The maximum atomic E-state index is 11.9. The molecule has 0 aromatic heterocycles. The van der Waals surface area contributed by atoms with E-state index in [0.717, 1.165) is 19.4 Å². The molecule has 6 nitrogen and oxygen atoms in total. The average Bonchev–Trinajstić information content (AvgIpc) is 2.38. The van der Waals surface area contributed by atoms with Crippen molar-refractivity contribution in [1.29, 1.82) is 0 Å². The van der Waals surface area contributed by atoms with Gasteiger partial charge in [0.2, 0.25) is 0 Å². The Balaban J connectivity index is 2.39. The lowest BCUT2D eigenvalue weighted by Crippen LogP contribution is -2.53. The van der Waals surface area contributed by atoms with Gasteiger partial charge in [0.25, 0.3) is 0 Å². The van der Waals surface area contributed by atoms with Crippen molar-refractivity contribution >= 4 is 23.8 Å². The van der Waals surface area contributed by atoms with Gasteiger partial charge in [-0.25, -0.2) is 9.59 Å². The van der Waals surface area contributed by atoms with Crippen LogP contribution in [-0.2, 0) is 4.79 Å². The Kier molecular flexibility index (Phi) is 7.15. The first-order chi connectivity index (χ1) is 9.43. The molecule has 0 aromatic carbocycles. The highest BCUT2D eigenvalue weighted by atomic mass is 32.2. The molecule has 7 heteroatoms. The first-order valence-electron chi connectivity index (χ1n) is 6.93. The maximum Gasteiger partial charge on any atom is 0.326 e. The van der Waals surface area contributed by atoms with Crippen LogP contribution in [0, 0.1) is 0 Å².